The van der Waals surface area contributed by atoms with Crippen LogP contribution in [0.3, 0.4) is 0 Å². The van der Waals surface area contributed by atoms with Gasteiger partial charge in [-0.05, 0) is 48.5 Å². The molecular formula is C14H15BrNO3P. The first-order valence-corrected chi connectivity index (χ1v) is 8.80. The maximum absolute atomic E-state index is 12.4. The minimum absolute atomic E-state index is 0.529. The van der Waals surface area contributed by atoms with E-state index >= 15 is 0 Å². The molecule has 0 aromatic heterocycles. The van der Waals surface area contributed by atoms with Gasteiger partial charge in [0, 0.05) is 16.8 Å². The van der Waals surface area contributed by atoms with Gasteiger partial charge < -0.3 is 14.3 Å². The number of anilines is 1. The molecule has 2 aromatic rings. The highest BCUT2D eigenvalue weighted by atomic mass is 79.9. The SMILES string of the molecule is COc1ccc(OP(C)(=O)Nc2ccc(Br)cc2)cc1. The minimum Gasteiger partial charge on any atom is -0.497 e. The molecule has 0 saturated heterocycles. The van der Waals surface area contributed by atoms with Crippen LogP contribution in [0.5, 0.6) is 11.5 Å². The standard InChI is InChI=1S/C14H15BrNO3P/c1-18-13-7-9-14(10-8-13)19-20(2,17)16-12-5-3-11(15)4-6-12/h3-10H,1-2H3,(H,16,17). The molecule has 0 heterocycles. The molecule has 0 saturated carbocycles. The number of nitrogens with one attached hydrogen (secondary N) is 1. The molecular weight excluding hydrogens is 341 g/mol. The predicted molar refractivity (Wildman–Crippen MR) is 84.9 cm³/mol. The molecule has 106 valence electrons. The Morgan fingerprint density at radius 2 is 1.55 bits per heavy atom. The Hall–Kier alpha value is -1.45. The second-order valence-electron chi connectivity index (χ2n) is 4.23. The van der Waals surface area contributed by atoms with E-state index in [2.05, 4.69) is 21.0 Å². The van der Waals surface area contributed by atoms with Crippen LogP contribution < -0.4 is 14.3 Å². The van der Waals surface area contributed by atoms with E-state index in [4.69, 9.17) is 9.26 Å². The normalized spacial score (nSPS) is 13.3. The molecule has 2 aromatic carbocycles. The first-order valence-electron chi connectivity index (χ1n) is 5.93. The van der Waals surface area contributed by atoms with E-state index in [0.717, 1.165) is 15.9 Å². The summed E-state index contributed by atoms with van der Waals surface area (Å²) in [7, 11) is -1.39. The van der Waals surface area contributed by atoms with E-state index < -0.39 is 7.52 Å². The highest BCUT2D eigenvalue weighted by Crippen LogP contribution is 2.43. The molecule has 4 nitrogen and oxygen atoms in total. The second-order valence-corrected chi connectivity index (χ2v) is 7.24. The van der Waals surface area contributed by atoms with Crippen molar-refractivity contribution in [3.05, 3.63) is 53.0 Å². The van der Waals surface area contributed by atoms with Crippen LogP contribution in [0.25, 0.3) is 0 Å². The Kier molecular flexibility index (Phi) is 4.73. The highest BCUT2D eigenvalue weighted by molar-refractivity contribution is 9.10. The summed E-state index contributed by atoms with van der Waals surface area (Å²) in [6.45, 7) is 1.54. The van der Waals surface area contributed by atoms with Crippen molar-refractivity contribution in [3.63, 3.8) is 0 Å². The van der Waals surface area contributed by atoms with Gasteiger partial charge in [-0.15, -0.1) is 0 Å². The Balaban J connectivity index is 2.06. The van der Waals surface area contributed by atoms with E-state index in [-0.39, 0.29) is 0 Å². The molecule has 1 atom stereocenters. The van der Waals surface area contributed by atoms with E-state index in [9.17, 15) is 4.57 Å². The van der Waals surface area contributed by atoms with Crippen molar-refractivity contribution in [2.24, 2.45) is 0 Å². The Labute approximate surface area is 126 Å². The summed E-state index contributed by atoms with van der Waals surface area (Å²) in [6, 6.07) is 14.4. The Morgan fingerprint density at radius 1 is 1.00 bits per heavy atom. The summed E-state index contributed by atoms with van der Waals surface area (Å²) in [6.07, 6.45) is 0. The molecule has 0 aliphatic carbocycles. The van der Waals surface area contributed by atoms with Gasteiger partial charge in [0.1, 0.15) is 11.5 Å². The quantitative estimate of drug-likeness (QED) is 0.784. The van der Waals surface area contributed by atoms with Crippen molar-refractivity contribution < 1.29 is 13.8 Å². The van der Waals surface area contributed by atoms with Crippen molar-refractivity contribution in [1.29, 1.82) is 0 Å². The number of ether oxygens (including phenoxy) is 1. The number of benzene rings is 2. The van der Waals surface area contributed by atoms with Crippen LogP contribution in [0.4, 0.5) is 5.69 Å². The number of hydrogen-bond acceptors (Lipinski definition) is 3. The monoisotopic (exact) mass is 355 g/mol. The van der Waals surface area contributed by atoms with Gasteiger partial charge in [-0.3, -0.25) is 4.57 Å². The summed E-state index contributed by atoms with van der Waals surface area (Å²) in [5.74, 6) is 1.25. The van der Waals surface area contributed by atoms with Gasteiger partial charge in [0.25, 0.3) is 0 Å². The minimum atomic E-state index is -2.98. The van der Waals surface area contributed by atoms with Crippen LogP contribution >= 0.6 is 23.4 Å². The van der Waals surface area contributed by atoms with E-state index in [1.54, 1.807) is 38.0 Å². The molecule has 0 aliphatic rings. The summed E-state index contributed by atoms with van der Waals surface area (Å²) >= 11 is 3.35. The molecule has 1 unspecified atom stereocenters. The number of halogens is 1. The van der Waals surface area contributed by atoms with Gasteiger partial charge in [0.15, 0.2) is 0 Å². The van der Waals surface area contributed by atoms with Crippen LogP contribution in [-0.2, 0) is 4.57 Å². The fourth-order valence-electron chi connectivity index (χ4n) is 1.62. The van der Waals surface area contributed by atoms with Crippen LogP contribution in [-0.4, -0.2) is 13.8 Å². The fraction of sp³-hybridized carbons (Fsp3) is 0.143. The van der Waals surface area contributed by atoms with Crippen LogP contribution in [0.2, 0.25) is 0 Å². The lowest BCUT2D eigenvalue weighted by Crippen LogP contribution is -2.02. The van der Waals surface area contributed by atoms with Crippen molar-refractivity contribution in [3.8, 4) is 11.5 Å². The van der Waals surface area contributed by atoms with Gasteiger partial charge in [-0.2, -0.15) is 0 Å². The maximum Gasteiger partial charge on any atom is 0.338 e. The molecule has 6 heteroatoms. The van der Waals surface area contributed by atoms with Gasteiger partial charge >= 0.3 is 7.52 Å². The van der Waals surface area contributed by atoms with Crippen LogP contribution in [0, 0.1) is 0 Å². The van der Waals surface area contributed by atoms with Crippen molar-refractivity contribution >= 4 is 29.1 Å². The van der Waals surface area contributed by atoms with Gasteiger partial charge in [-0.1, -0.05) is 15.9 Å². The molecule has 0 bridgehead atoms. The van der Waals surface area contributed by atoms with Crippen molar-refractivity contribution in [1.82, 2.24) is 0 Å². The lowest BCUT2D eigenvalue weighted by molar-refractivity contribution is 0.413. The van der Waals surface area contributed by atoms with Crippen LogP contribution in [0.1, 0.15) is 0 Å². The zero-order valence-corrected chi connectivity index (χ0v) is 13.6. The molecule has 0 aliphatic heterocycles. The third-order valence-electron chi connectivity index (χ3n) is 2.52. The number of hydrogen-bond donors (Lipinski definition) is 1. The molecule has 0 spiro atoms. The first-order chi connectivity index (χ1) is 9.48. The van der Waals surface area contributed by atoms with E-state index in [1.807, 2.05) is 24.3 Å². The average molecular weight is 356 g/mol. The van der Waals surface area contributed by atoms with E-state index in [1.165, 1.54) is 0 Å². The number of methoxy groups -OCH3 is 1. The lowest BCUT2D eigenvalue weighted by Gasteiger charge is -2.17. The topological polar surface area (TPSA) is 47.6 Å². The van der Waals surface area contributed by atoms with Crippen molar-refractivity contribution in [2.75, 3.05) is 18.9 Å². The second kappa shape index (κ2) is 6.33. The zero-order chi connectivity index (χ0) is 14.6. The van der Waals surface area contributed by atoms with Crippen molar-refractivity contribution in [2.45, 2.75) is 0 Å². The first kappa shape index (κ1) is 14.9. The van der Waals surface area contributed by atoms with E-state index in [0.29, 0.717) is 5.75 Å². The molecule has 0 radical (unpaired) electrons. The summed E-state index contributed by atoms with van der Waals surface area (Å²) in [4.78, 5) is 0. The lowest BCUT2D eigenvalue weighted by atomic mass is 10.3. The third kappa shape index (κ3) is 4.29. The van der Waals surface area contributed by atoms with Gasteiger partial charge in [-0.25, -0.2) is 0 Å². The smallest absolute Gasteiger partial charge is 0.338 e. The molecule has 1 N–H and O–H groups in total. The zero-order valence-electron chi connectivity index (χ0n) is 11.2. The summed E-state index contributed by atoms with van der Waals surface area (Å²) < 4.78 is 24.0. The Bertz CT molecular complexity index is 613. The Morgan fingerprint density at radius 3 is 2.10 bits per heavy atom. The molecule has 20 heavy (non-hydrogen) atoms. The maximum atomic E-state index is 12.4. The average Bonchev–Trinajstić information content (AvgIpc) is 2.41. The molecule has 0 fully saturated rings. The summed E-state index contributed by atoms with van der Waals surface area (Å²) in [5, 5.41) is 2.90. The predicted octanol–water partition coefficient (Wildman–Crippen LogP) is 4.77. The van der Waals surface area contributed by atoms with Gasteiger partial charge in [0.2, 0.25) is 0 Å². The third-order valence-corrected chi connectivity index (χ3v) is 4.27. The number of rotatable bonds is 5. The fourth-order valence-corrected chi connectivity index (χ4v) is 3.07. The summed E-state index contributed by atoms with van der Waals surface area (Å²) in [5.41, 5.74) is 0.743. The highest BCUT2D eigenvalue weighted by Gasteiger charge is 2.17. The largest absolute Gasteiger partial charge is 0.497 e. The molecule has 2 rings (SSSR count). The van der Waals surface area contributed by atoms with Crippen LogP contribution in [0.15, 0.2) is 53.0 Å². The molecule has 0 amide bonds. The van der Waals surface area contributed by atoms with Gasteiger partial charge in [0.05, 0.1) is 7.11 Å².